The summed E-state index contributed by atoms with van der Waals surface area (Å²) in [4.78, 5) is 66.4. The van der Waals surface area contributed by atoms with E-state index < -0.39 is 35.3 Å². The van der Waals surface area contributed by atoms with E-state index in [1.54, 1.807) is 20.0 Å². The van der Waals surface area contributed by atoms with E-state index in [0.29, 0.717) is 22.7 Å². The number of amides is 4. The molecule has 2 N–H and O–H groups in total. The average molecular weight is 700 g/mol. The lowest BCUT2D eigenvalue weighted by Crippen LogP contribution is -2.53. The third-order valence-electron chi connectivity index (χ3n) is 9.04. The molecule has 0 saturated carbocycles. The van der Waals surface area contributed by atoms with Gasteiger partial charge in [-0.15, -0.1) is 0 Å². The number of ether oxygens (including phenoxy) is 1. The molecular weight excluding hydrogens is 646 g/mol. The molecule has 0 spiro atoms. The molecule has 1 aromatic heterocycles. The number of cyclic esters (lactones) is 1. The summed E-state index contributed by atoms with van der Waals surface area (Å²) >= 11 is 6.38. The topological polar surface area (TPSA) is 140 Å². The molecule has 1 saturated heterocycles. The summed E-state index contributed by atoms with van der Waals surface area (Å²) in [6, 6.07) is 2.69. The molecule has 3 rings (SSSR count). The molecule has 11 nitrogen and oxygen atoms in total. The van der Waals surface area contributed by atoms with E-state index in [1.807, 2.05) is 0 Å². The van der Waals surface area contributed by atoms with Gasteiger partial charge in [0.1, 0.15) is 0 Å². The lowest BCUT2D eigenvalue weighted by Gasteiger charge is -2.23. The maximum atomic E-state index is 13.7. The van der Waals surface area contributed by atoms with Gasteiger partial charge in [-0.2, -0.15) is 5.10 Å². The highest BCUT2D eigenvalue weighted by Gasteiger charge is 2.54. The molecule has 0 aliphatic carbocycles. The Balaban J connectivity index is 1.48. The van der Waals surface area contributed by atoms with Crippen molar-refractivity contribution in [3.8, 4) is 0 Å². The zero-order valence-corrected chi connectivity index (χ0v) is 30.6. The number of rotatable bonds is 22. The van der Waals surface area contributed by atoms with Gasteiger partial charge in [0.2, 0.25) is 5.91 Å². The Hall–Kier alpha value is -3.73. The lowest BCUT2D eigenvalue weighted by atomic mass is 10.0. The molecule has 0 bridgehead atoms. The van der Waals surface area contributed by atoms with Crippen LogP contribution in [0.25, 0.3) is 0 Å². The first-order valence-electron chi connectivity index (χ1n) is 17.9. The van der Waals surface area contributed by atoms with Gasteiger partial charge in [0.15, 0.2) is 17.4 Å². The number of ketones is 1. The van der Waals surface area contributed by atoms with Crippen molar-refractivity contribution in [1.29, 1.82) is 0 Å². The fourth-order valence-electron chi connectivity index (χ4n) is 5.93. The van der Waals surface area contributed by atoms with E-state index in [2.05, 4.69) is 22.7 Å². The van der Waals surface area contributed by atoms with E-state index in [4.69, 9.17) is 16.3 Å². The third kappa shape index (κ3) is 11.7. The molecule has 49 heavy (non-hydrogen) atoms. The van der Waals surface area contributed by atoms with Gasteiger partial charge in [0.25, 0.3) is 11.8 Å². The lowest BCUT2D eigenvalue weighted by molar-refractivity contribution is -0.137. The smallest absolute Gasteiger partial charge is 0.418 e. The normalized spacial score (nSPS) is 14.5. The molecule has 1 atom stereocenters. The Labute approximate surface area is 295 Å². The number of anilines is 2. The minimum Gasteiger partial charge on any atom is -0.433 e. The number of benzene rings is 1. The van der Waals surface area contributed by atoms with Crippen LogP contribution in [0.15, 0.2) is 24.4 Å². The van der Waals surface area contributed by atoms with E-state index in [0.717, 1.165) is 19.3 Å². The number of imide groups is 1. The Bertz CT molecular complexity index is 1450. The fourth-order valence-corrected chi connectivity index (χ4v) is 6.09. The maximum absolute atomic E-state index is 13.7. The van der Waals surface area contributed by atoms with Crippen LogP contribution < -0.4 is 10.6 Å². The van der Waals surface area contributed by atoms with Crippen molar-refractivity contribution >= 4 is 52.6 Å². The Morgan fingerprint density at radius 3 is 1.92 bits per heavy atom. The largest absolute Gasteiger partial charge is 0.433 e. The van der Waals surface area contributed by atoms with Crippen LogP contribution in [0, 0.1) is 6.92 Å². The van der Waals surface area contributed by atoms with Crippen molar-refractivity contribution in [2.45, 2.75) is 142 Å². The molecule has 270 valence electrons. The maximum Gasteiger partial charge on any atom is 0.418 e. The number of nitrogens with one attached hydrogen (secondary N) is 2. The molecule has 2 aromatic rings. The number of Topliss-reactive ketones (excluding diaryl/α,β-unsaturated/α-hetero) is 1. The number of aromatic nitrogens is 2. The summed E-state index contributed by atoms with van der Waals surface area (Å²) in [7, 11) is 1.62. The highest BCUT2D eigenvalue weighted by atomic mass is 35.5. The molecular formula is C37H54ClN5O6. The van der Waals surface area contributed by atoms with Crippen molar-refractivity contribution in [3.05, 3.63) is 40.7 Å². The van der Waals surface area contributed by atoms with Crippen molar-refractivity contribution in [2.24, 2.45) is 7.05 Å². The van der Waals surface area contributed by atoms with Crippen LogP contribution in [-0.4, -0.2) is 55.9 Å². The molecule has 1 aliphatic heterocycles. The van der Waals surface area contributed by atoms with Crippen LogP contribution in [0.1, 0.15) is 140 Å². The van der Waals surface area contributed by atoms with Gasteiger partial charge < -0.3 is 15.4 Å². The van der Waals surface area contributed by atoms with Gasteiger partial charge in [0, 0.05) is 24.8 Å². The molecule has 0 radical (unpaired) electrons. The van der Waals surface area contributed by atoms with Gasteiger partial charge in [-0.05, 0) is 45.4 Å². The van der Waals surface area contributed by atoms with Crippen LogP contribution in [-0.2, 0) is 26.2 Å². The Kier molecular flexibility index (Phi) is 15.8. The minimum absolute atomic E-state index is 0.0684. The second kappa shape index (κ2) is 19.5. The van der Waals surface area contributed by atoms with Gasteiger partial charge >= 0.3 is 6.09 Å². The van der Waals surface area contributed by atoms with E-state index in [1.165, 1.54) is 114 Å². The molecule has 1 fully saturated rings. The highest BCUT2D eigenvalue weighted by molar-refractivity contribution is 6.34. The third-order valence-corrected chi connectivity index (χ3v) is 9.37. The summed E-state index contributed by atoms with van der Waals surface area (Å²) in [6.45, 7) is 6.64. The van der Waals surface area contributed by atoms with Gasteiger partial charge in [-0.25, -0.2) is 9.69 Å². The molecule has 2 heterocycles. The molecule has 1 aromatic carbocycles. The second-order valence-electron chi connectivity index (χ2n) is 13.5. The molecule has 1 unspecified atom stereocenters. The van der Waals surface area contributed by atoms with E-state index in [9.17, 15) is 24.0 Å². The van der Waals surface area contributed by atoms with E-state index in [-0.39, 0.29) is 22.2 Å². The fraction of sp³-hybridized carbons (Fsp3) is 0.622. The standard InChI is InChI=1S/C37H54ClN5O6/c1-6-7-8-9-10-11-12-13-14-15-16-17-18-19-20-21-31(44)40-27-22-23-29(38)30(24-27)41-34(46)32(33(45)28-25-39-42(5)26(28)2)43-35(47)37(3,4)49-36(43)48/h22-25,32H,6-21H2,1-5H3,(H,40,44)(H,41,46). The summed E-state index contributed by atoms with van der Waals surface area (Å²) in [5.74, 6) is -2.78. The van der Waals surface area contributed by atoms with Crippen LogP contribution in [0.3, 0.4) is 0 Å². The minimum atomic E-state index is -1.89. The number of aryl methyl sites for hydroxylation is 1. The van der Waals surface area contributed by atoms with Crippen molar-refractivity contribution < 1.29 is 28.7 Å². The Morgan fingerprint density at radius 1 is 0.878 bits per heavy atom. The molecule has 1 aliphatic rings. The number of hydrogen-bond acceptors (Lipinski definition) is 7. The van der Waals surface area contributed by atoms with Crippen molar-refractivity contribution in [3.63, 3.8) is 0 Å². The summed E-state index contributed by atoms with van der Waals surface area (Å²) in [6.07, 6.45) is 19.2. The number of nitrogens with zero attached hydrogens (tertiary/aromatic N) is 3. The van der Waals surface area contributed by atoms with Crippen LogP contribution in [0.4, 0.5) is 16.2 Å². The second-order valence-corrected chi connectivity index (χ2v) is 13.9. The summed E-state index contributed by atoms with van der Waals surface area (Å²) in [5, 5.41) is 9.60. The first-order chi connectivity index (χ1) is 23.4. The number of carbonyl (C=O) groups is 5. The quantitative estimate of drug-likeness (QED) is 0.0713. The molecule has 12 heteroatoms. The first kappa shape index (κ1) is 39.7. The number of carbonyl (C=O) groups excluding carboxylic acids is 5. The van der Waals surface area contributed by atoms with Gasteiger partial charge in [-0.1, -0.05) is 108 Å². The van der Waals surface area contributed by atoms with E-state index >= 15 is 0 Å². The predicted octanol–water partition coefficient (Wildman–Crippen LogP) is 8.53. The van der Waals surface area contributed by atoms with Gasteiger partial charge in [0.05, 0.1) is 22.5 Å². The highest BCUT2D eigenvalue weighted by Crippen LogP contribution is 2.30. The average Bonchev–Trinajstić information content (AvgIpc) is 3.49. The van der Waals surface area contributed by atoms with Crippen LogP contribution in [0.2, 0.25) is 5.02 Å². The predicted molar refractivity (Wildman–Crippen MR) is 192 cm³/mol. The number of halogens is 1. The summed E-state index contributed by atoms with van der Waals surface area (Å²) < 4.78 is 6.61. The number of unbranched alkanes of at least 4 members (excludes halogenated alkanes) is 14. The van der Waals surface area contributed by atoms with Crippen LogP contribution in [0.5, 0.6) is 0 Å². The number of hydrogen-bond donors (Lipinski definition) is 2. The zero-order chi connectivity index (χ0) is 36.0. The van der Waals surface area contributed by atoms with Gasteiger partial charge in [-0.3, -0.25) is 23.9 Å². The first-order valence-corrected chi connectivity index (χ1v) is 18.2. The van der Waals surface area contributed by atoms with Crippen molar-refractivity contribution in [1.82, 2.24) is 14.7 Å². The SMILES string of the molecule is CCCCCCCCCCCCCCCCCC(=O)Nc1ccc(Cl)c(NC(=O)C(C(=O)c2cnn(C)c2C)N2C(=O)OC(C)(C)C2=O)c1. The Morgan fingerprint density at radius 2 is 1.43 bits per heavy atom. The molecule has 4 amide bonds. The zero-order valence-electron chi connectivity index (χ0n) is 29.9. The van der Waals surface area contributed by atoms with Crippen LogP contribution >= 0.6 is 11.6 Å². The monoisotopic (exact) mass is 699 g/mol. The summed E-state index contributed by atoms with van der Waals surface area (Å²) in [5.41, 5.74) is -0.558. The van der Waals surface area contributed by atoms with Crippen molar-refractivity contribution in [2.75, 3.05) is 10.6 Å².